The molecule has 25 heavy (non-hydrogen) atoms. The first kappa shape index (κ1) is 15.6. The molecule has 0 amide bonds. The van der Waals surface area contributed by atoms with E-state index in [9.17, 15) is 9.18 Å². The molecule has 4 aromatic rings. The summed E-state index contributed by atoms with van der Waals surface area (Å²) in [6, 6.07) is 15.4. The van der Waals surface area contributed by atoms with E-state index < -0.39 is 5.82 Å². The summed E-state index contributed by atoms with van der Waals surface area (Å²) >= 11 is 1.30. The van der Waals surface area contributed by atoms with Crippen LogP contribution in [-0.2, 0) is 5.75 Å². The molecule has 2 aromatic heterocycles. The minimum Gasteiger partial charge on any atom is -0.411 e. The normalized spacial score (nSPS) is 11.1. The fraction of sp³-hybridized carbons (Fsp3) is 0.0556. The van der Waals surface area contributed by atoms with Crippen molar-refractivity contribution in [3.05, 3.63) is 76.3 Å². The summed E-state index contributed by atoms with van der Waals surface area (Å²) in [5, 5.41) is 9.12. The maximum atomic E-state index is 13.8. The van der Waals surface area contributed by atoms with Crippen molar-refractivity contribution in [2.75, 3.05) is 0 Å². The van der Waals surface area contributed by atoms with E-state index in [1.165, 1.54) is 17.8 Å². The molecule has 0 atom stereocenters. The van der Waals surface area contributed by atoms with Gasteiger partial charge in [0.25, 0.3) is 11.1 Å². The predicted octanol–water partition coefficient (Wildman–Crippen LogP) is 4.01. The van der Waals surface area contributed by atoms with Gasteiger partial charge in [0.15, 0.2) is 0 Å². The van der Waals surface area contributed by atoms with Gasteiger partial charge in [-0.2, -0.15) is 0 Å². The quantitative estimate of drug-likeness (QED) is 0.561. The van der Waals surface area contributed by atoms with Gasteiger partial charge in [-0.25, -0.2) is 4.39 Å². The summed E-state index contributed by atoms with van der Waals surface area (Å²) in [5.74, 6) is 0.211. The van der Waals surface area contributed by atoms with Crippen LogP contribution in [-0.4, -0.2) is 15.2 Å². The standard InChI is InChI=1S/C18H12FN3O2S/c19-14-7-3-1-6-13(14)17-21-22-18(24-17)25-10-11-9-16(23)20-15-8-4-2-5-12(11)15/h1-9H,10H2,(H,20,23). The summed E-state index contributed by atoms with van der Waals surface area (Å²) in [4.78, 5) is 14.6. The van der Waals surface area contributed by atoms with Crippen molar-refractivity contribution in [2.45, 2.75) is 11.0 Å². The number of thioether (sulfide) groups is 1. The zero-order valence-electron chi connectivity index (χ0n) is 12.9. The second-order valence-corrected chi connectivity index (χ2v) is 6.27. The van der Waals surface area contributed by atoms with Crippen LogP contribution in [0.25, 0.3) is 22.4 Å². The monoisotopic (exact) mass is 353 g/mol. The largest absolute Gasteiger partial charge is 0.411 e. The minimum absolute atomic E-state index is 0.136. The fourth-order valence-electron chi connectivity index (χ4n) is 2.55. The van der Waals surface area contributed by atoms with E-state index in [-0.39, 0.29) is 17.0 Å². The van der Waals surface area contributed by atoms with Crippen LogP contribution in [0.2, 0.25) is 0 Å². The number of rotatable bonds is 4. The highest BCUT2D eigenvalue weighted by Crippen LogP contribution is 2.28. The van der Waals surface area contributed by atoms with Gasteiger partial charge in [0.05, 0.1) is 5.56 Å². The Labute approximate surface area is 145 Å². The Morgan fingerprint density at radius 2 is 1.88 bits per heavy atom. The molecule has 0 radical (unpaired) electrons. The second-order valence-electron chi connectivity index (χ2n) is 5.35. The molecule has 0 aliphatic rings. The second kappa shape index (κ2) is 6.52. The van der Waals surface area contributed by atoms with Gasteiger partial charge in [0.1, 0.15) is 5.82 Å². The van der Waals surface area contributed by atoms with Crippen molar-refractivity contribution in [1.29, 1.82) is 0 Å². The number of aromatic nitrogens is 3. The smallest absolute Gasteiger partial charge is 0.277 e. The lowest BCUT2D eigenvalue weighted by molar-refractivity contribution is 0.463. The Bertz CT molecular complexity index is 1110. The summed E-state index contributed by atoms with van der Waals surface area (Å²) in [6.45, 7) is 0. The fourth-order valence-corrected chi connectivity index (χ4v) is 3.30. The van der Waals surface area contributed by atoms with Gasteiger partial charge in [-0.15, -0.1) is 10.2 Å². The van der Waals surface area contributed by atoms with Crippen LogP contribution in [0, 0.1) is 5.82 Å². The Morgan fingerprint density at radius 3 is 2.76 bits per heavy atom. The van der Waals surface area contributed by atoms with E-state index in [2.05, 4.69) is 15.2 Å². The number of H-pyrrole nitrogens is 1. The molecule has 1 N–H and O–H groups in total. The Kier molecular flexibility index (Phi) is 4.07. The maximum absolute atomic E-state index is 13.8. The summed E-state index contributed by atoms with van der Waals surface area (Å²) in [6.07, 6.45) is 0. The molecule has 0 aliphatic carbocycles. The third-order valence-electron chi connectivity index (χ3n) is 3.70. The first-order valence-corrected chi connectivity index (χ1v) is 8.51. The van der Waals surface area contributed by atoms with E-state index in [4.69, 9.17) is 4.42 Å². The molecule has 0 bridgehead atoms. The molecular formula is C18H12FN3O2S. The molecule has 2 heterocycles. The average molecular weight is 353 g/mol. The molecule has 0 unspecified atom stereocenters. The van der Waals surface area contributed by atoms with Crippen LogP contribution in [0.4, 0.5) is 4.39 Å². The van der Waals surface area contributed by atoms with Crippen molar-refractivity contribution in [3.63, 3.8) is 0 Å². The van der Waals surface area contributed by atoms with Gasteiger partial charge < -0.3 is 9.40 Å². The van der Waals surface area contributed by atoms with Gasteiger partial charge in [-0.1, -0.05) is 42.1 Å². The van der Waals surface area contributed by atoms with Crippen LogP contribution >= 0.6 is 11.8 Å². The molecule has 7 heteroatoms. The molecule has 5 nitrogen and oxygen atoms in total. The van der Waals surface area contributed by atoms with Crippen molar-refractivity contribution in [2.24, 2.45) is 0 Å². The number of aromatic amines is 1. The van der Waals surface area contributed by atoms with Gasteiger partial charge >= 0.3 is 0 Å². The summed E-state index contributed by atoms with van der Waals surface area (Å²) in [7, 11) is 0. The van der Waals surface area contributed by atoms with Crippen LogP contribution in [0.5, 0.6) is 0 Å². The number of halogens is 1. The van der Waals surface area contributed by atoms with Gasteiger partial charge in [-0.05, 0) is 23.8 Å². The number of hydrogen-bond donors (Lipinski definition) is 1. The van der Waals surface area contributed by atoms with Crippen molar-refractivity contribution < 1.29 is 8.81 Å². The third-order valence-corrected chi connectivity index (χ3v) is 4.57. The zero-order chi connectivity index (χ0) is 17.2. The lowest BCUT2D eigenvalue weighted by Gasteiger charge is -2.04. The highest BCUT2D eigenvalue weighted by Gasteiger charge is 2.13. The van der Waals surface area contributed by atoms with Gasteiger partial charge in [0.2, 0.25) is 5.56 Å². The minimum atomic E-state index is -0.414. The number of pyridine rings is 1. The van der Waals surface area contributed by atoms with E-state index in [0.29, 0.717) is 11.0 Å². The lowest BCUT2D eigenvalue weighted by Crippen LogP contribution is -2.05. The average Bonchev–Trinajstić information content (AvgIpc) is 3.08. The molecule has 124 valence electrons. The van der Waals surface area contributed by atoms with Crippen molar-refractivity contribution >= 4 is 22.7 Å². The van der Waals surface area contributed by atoms with Crippen molar-refractivity contribution in [1.82, 2.24) is 15.2 Å². The third kappa shape index (κ3) is 3.18. The molecule has 0 saturated carbocycles. The SMILES string of the molecule is O=c1cc(CSc2nnc(-c3ccccc3F)o2)c2ccccc2[nH]1. The highest BCUT2D eigenvalue weighted by molar-refractivity contribution is 7.98. The van der Waals surface area contributed by atoms with E-state index in [1.54, 1.807) is 24.3 Å². The Morgan fingerprint density at radius 1 is 1.08 bits per heavy atom. The maximum Gasteiger partial charge on any atom is 0.277 e. The van der Waals surface area contributed by atoms with Crippen LogP contribution in [0.3, 0.4) is 0 Å². The Balaban J connectivity index is 1.59. The lowest BCUT2D eigenvalue weighted by atomic mass is 10.1. The van der Waals surface area contributed by atoms with E-state index in [1.807, 2.05) is 24.3 Å². The number of hydrogen-bond acceptors (Lipinski definition) is 5. The molecule has 0 spiro atoms. The molecule has 0 fully saturated rings. The summed E-state index contributed by atoms with van der Waals surface area (Å²) < 4.78 is 19.3. The molecule has 4 rings (SSSR count). The van der Waals surface area contributed by atoms with Gasteiger partial charge in [0, 0.05) is 22.7 Å². The molecular weight excluding hydrogens is 341 g/mol. The molecule has 0 saturated heterocycles. The predicted molar refractivity (Wildman–Crippen MR) is 93.8 cm³/mol. The highest BCUT2D eigenvalue weighted by atomic mass is 32.2. The van der Waals surface area contributed by atoms with Crippen LogP contribution < -0.4 is 5.56 Å². The summed E-state index contributed by atoms with van der Waals surface area (Å²) in [5.41, 5.74) is 1.76. The van der Waals surface area contributed by atoms with Crippen molar-refractivity contribution in [3.8, 4) is 11.5 Å². The van der Waals surface area contributed by atoms with Crippen LogP contribution in [0.15, 0.2) is 69.0 Å². The van der Waals surface area contributed by atoms with Gasteiger partial charge in [-0.3, -0.25) is 4.79 Å². The number of nitrogens with one attached hydrogen (secondary N) is 1. The number of fused-ring (bicyclic) bond motifs is 1. The van der Waals surface area contributed by atoms with E-state index >= 15 is 0 Å². The number of benzene rings is 2. The Hall–Kier alpha value is -2.93. The molecule has 2 aromatic carbocycles. The zero-order valence-corrected chi connectivity index (χ0v) is 13.7. The first-order valence-electron chi connectivity index (χ1n) is 7.53. The first-order chi connectivity index (χ1) is 12.2. The number of para-hydroxylation sites is 1. The van der Waals surface area contributed by atoms with Crippen LogP contribution in [0.1, 0.15) is 5.56 Å². The topological polar surface area (TPSA) is 71.8 Å². The van der Waals surface area contributed by atoms with E-state index in [0.717, 1.165) is 16.5 Å². The number of nitrogens with zero attached hydrogens (tertiary/aromatic N) is 2. The molecule has 0 aliphatic heterocycles.